The molecule has 0 radical (unpaired) electrons. The lowest BCUT2D eigenvalue weighted by Crippen LogP contribution is -2.47. The van der Waals surface area contributed by atoms with Crippen LogP contribution in [0.25, 0.3) is 0 Å². The van der Waals surface area contributed by atoms with E-state index in [4.69, 9.17) is 0 Å². The molecule has 0 aliphatic carbocycles. The molecule has 1 fully saturated rings. The number of carbonyl (C=O) groups excluding carboxylic acids is 3. The van der Waals surface area contributed by atoms with Crippen LogP contribution in [0.3, 0.4) is 0 Å². The van der Waals surface area contributed by atoms with Gasteiger partial charge in [0, 0.05) is 24.6 Å². The summed E-state index contributed by atoms with van der Waals surface area (Å²) in [6.07, 6.45) is -4.73. The molecule has 2 amide bonds. The molecule has 0 bridgehead atoms. The van der Waals surface area contributed by atoms with Gasteiger partial charge in [0.2, 0.25) is 5.91 Å². The molecule has 1 heterocycles. The minimum Gasteiger partial charge on any atom is -0.348 e. The van der Waals surface area contributed by atoms with Gasteiger partial charge in [-0.3, -0.25) is 14.4 Å². The molecule has 1 aliphatic rings. The molecular weight excluding hydrogens is 344 g/mol. The molecule has 0 saturated carbocycles. The molecule has 1 aliphatic heterocycles. The lowest BCUT2D eigenvalue weighted by Gasteiger charge is -2.31. The third kappa shape index (κ3) is 5.01. The van der Waals surface area contributed by atoms with Gasteiger partial charge in [0.15, 0.2) is 5.78 Å². The van der Waals surface area contributed by atoms with E-state index < -0.39 is 35.5 Å². The van der Waals surface area contributed by atoms with E-state index in [-0.39, 0.29) is 38.0 Å². The van der Waals surface area contributed by atoms with Crippen LogP contribution in [0, 0.1) is 11.7 Å². The molecule has 0 atom stereocenters. The SMILES string of the molecule is O=C(CNC(=O)C1CCN(C(=O)C(F)(F)F)CC1)c1ccc(F)cc1. The summed E-state index contributed by atoms with van der Waals surface area (Å²) in [5, 5.41) is 2.43. The Morgan fingerprint density at radius 1 is 1.08 bits per heavy atom. The zero-order chi connectivity index (χ0) is 18.6. The van der Waals surface area contributed by atoms with Crippen molar-refractivity contribution < 1.29 is 31.9 Å². The standard InChI is InChI=1S/C16H16F4N2O3/c17-12-3-1-10(2-4-12)13(23)9-21-14(24)11-5-7-22(8-6-11)15(25)16(18,19)20/h1-4,11H,5-9H2,(H,21,24). The van der Waals surface area contributed by atoms with E-state index in [0.29, 0.717) is 4.90 Å². The summed E-state index contributed by atoms with van der Waals surface area (Å²) in [5.41, 5.74) is 0.243. The molecular formula is C16H16F4N2O3. The van der Waals surface area contributed by atoms with Crippen LogP contribution < -0.4 is 5.32 Å². The highest BCUT2D eigenvalue weighted by molar-refractivity contribution is 5.99. The molecule has 9 heteroatoms. The maximum Gasteiger partial charge on any atom is 0.471 e. The lowest BCUT2D eigenvalue weighted by atomic mass is 9.95. The van der Waals surface area contributed by atoms with Gasteiger partial charge in [-0.1, -0.05) is 0 Å². The summed E-state index contributed by atoms with van der Waals surface area (Å²) < 4.78 is 49.9. The van der Waals surface area contributed by atoms with Crippen molar-refractivity contribution in [3.63, 3.8) is 0 Å². The van der Waals surface area contributed by atoms with E-state index in [1.807, 2.05) is 0 Å². The summed E-state index contributed by atoms with van der Waals surface area (Å²) in [6.45, 7) is -0.614. The average Bonchev–Trinajstić information content (AvgIpc) is 2.58. The van der Waals surface area contributed by atoms with Crippen molar-refractivity contribution in [2.75, 3.05) is 19.6 Å². The number of halogens is 4. The molecule has 25 heavy (non-hydrogen) atoms. The summed E-state index contributed by atoms with van der Waals surface area (Å²) in [7, 11) is 0. The van der Waals surface area contributed by atoms with Crippen molar-refractivity contribution in [3.05, 3.63) is 35.6 Å². The summed E-state index contributed by atoms with van der Waals surface area (Å²) >= 11 is 0. The number of ketones is 1. The smallest absolute Gasteiger partial charge is 0.348 e. The van der Waals surface area contributed by atoms with Crippen molar-refractivity contribution in [3.8, 4) is 0 Å². The Bertz CT molecular complexity index is 650. The van der Waals surface area contributed by atoms with Crippen molar-refractivity contribution in [2.24, 2.45) is 5.92 Å². The zero-order valence-corrected chi connectivity index (χ0v) is 13.1. The number of nitrogens with zero attached hydrogens (tertiary/aromatic N) is 1. The number of hydrogen-bond acceptors (Lipinski definition) is 3. The third-order valence-electron chi connectivity index (χ3n) is 3.98. The quantitative estimate of drug-likeness (QED) is 0.659. The van der Waals surface area contributed by atoms with Gasteiger partial charge in [0.05, 0.1) is 6.54 Å². The van der Waals surface area contributed by atoms with Crippen LogP contribution in [-0.4, -0.2) is 48.3 Å². The Labute approximate surface area is 141 Å². The number of benzene rings is 1. The Morgan fingerprint density at radius 3 is 2.16 bits per heavy atom. The molecule has 1 aromatic rings. The van der Waals surface area contributed by atoms with Gasteiger partial charge in [-0.15, -0.1) is 0 Å². The van der Waals surface area contributed by atoms with Crippen molar-refractivity contribution >= 4 is 17.6 Å². The monoisotopic (exact) mass is 360 g/mol. The number of rotatable bonds is 4. The number of likely N-dealkylation sites (tertiary alicyclic amines) is 1. The highest BCUT2D eigenvalue weighted by Crippen LogP contribution is 2.23. The Kier molecular flexibility index (Phi) is 5.76. The highest BCUT2D eigenvalue weighted by Gasteiger charge is 2.43. The number of nitrogens with one attached hydrogen (secondary N) is 1. The minimum atomic E-state index is -4.92. The van der Waals surface area contributed by atoms with Gasteiger partial charge < -0.3 is 10.2 Å². The fourth-order valence-electron chi connectivity index (χ4n) is 2.57. The van der Waals surface area contributed by atoms with Gasteiger partial charge >= 0.3 is 12.1 Å². The number of carbonyl (C=O) groups is 3. The number of Topliss-reactive ketones (excluding diaryl/α,β-unsaturated/α-hetero) is 1. The predicted molar refractivity (Wildman–Crippen MR) is 79.1 cm³/mol. The van der Waals surface area contributed by atoms with E-state index in [1.165, 1.54) is 12.1 Å². The van der Waals surface area contributed by atoms with E-state index in [2.05, 4.69) is 5.32 Å². The van der Waals surface area contributed by atoms with Crippen LogP contribution in [0.15, 0.2) is 24.3 Å². The Morgan fingerprint density at radius 2 is 1.64 bits per heavy atom. The predicted octanol–water partition coefficient (Wildman–Crippen LogP) is 1.93. The molecule has 2 rings (SSSR count). The Balaban J connectivity index is 1.80. The van der Waals surface area contributed by atoms with Crippen LogP contribution in [0.1, 0.15) is 23.2 Å². The number of amides is 2. The molecule has 0 spiro atoms. The summed E-state index contributed by atoms with van der Waals surface area (Å²) in [6, 6.07) is 4.85. The first-order chi connectivity index (χ1) is 11.7. The second-order valence-electron chi connectivity index (χ2n) is 5.71. The zero-order valence-electron chi connectivity index (χ0n) is 13.1. The molecule has 136 valence electrons. The Hall–Kier alpha value is -2.45. The van der Waals surface area contributed by atoms with Crippen LogP contribution in [0.5, 0.6) is 0 Å². The van der Waals surface area contributed by atoms with E-state index in [1.54, 1.807) is 0 Å². The molecule has 1 saturated heterocycles. The van der Waals surface area contributed by atoms with E-state index in [9.17, 15) is 31.9 Å². The van der Waals surface area contributed by atoms with Gasteiger partial charge in [-0.05, 0) is 37.1 Å². The van der Waals surface area contributed by atoms with Crippen LogP contribution in [0.2, 0.25) is 0 Å². The first-order valence-corrected chi connectivity index (χ1v) is 7.61. The maximum atomic E-state index is 12.8. The molecule has 1 N–H and O–H groups in total. The van der Waals surface area contributed by atoms with Crippen LogP contribution in [-0.2, 0) is 9.59 Å². The van der Waals surface area contributed by atoms with Gasteiger partial charge in [0.25, 0.3) is 0 Å². The third-order valence-corrected chi connectivity index (χ3v) is 3.98. The first-order valence-electron chi connectivity index (χ1n) is 7.61. The van der Waals surface area contributed by atoms with Gasteiger partial charge in [-0.2, -0.15) is 13.2 Å². The fourth-order valence-corrected chi connectivity index (χ4v) is 2.57. The number of hydrogen-bond donors (Lipinski definition) is 1. The second-order valence-corrected chi connectivity index (χ2v) is 5.71. The maximum absolute atomic E-state index is 12.8. The topological polar surface area (TPSA) is 66.5 Å². The van der Waals surface area contributed by atoms with Crippen molar-refractivity contribution in [1.82, 2.24) is 10.2 Å². The lowest BCUT2D eigenvalue weighted by molar-refractivity contribution is -0.186. The molecule has 5 nitrogen and oxygen atoms in total. The van der Waals surface area contributed by atoms with E-state index >= 15 is 0 Å². The fraction of sp³-hybridized carbons (Fsp3) is 0.438. The average molecular weight is 360 g/mol. The van der Waals surface area contributed by atoms with Crippen LogP contribution in [0.4, 0.5) is 17.6 Å². The number of alkyl halides is 3. The number of piperidine rings is 1. The normalized spacial score (nSPS) is 15.8. The van der Waals surface area contributed by atoms with Crippen LogP contribution >= 0.6 is 0 Å². The van der Waals surface area contributed by atoms with Crippen molar-refractivity contribution in [1.29, 1.82) is 0 Å². The largest absolute Gasteiger partial charge is 0.471 e. The van der Waals surface area contributed by atoms with Gasteiger partial charge in [0.1, 0.15) is 5.82 Å². The summed E-state index contributed by atoms with van der Waals surface area (Å²) in [5.74, 6) is -3.80. The second kappa shape index (κ2) is 7.62. The van der Waals surface area contributed by atoms with Gasteiger partial charge in [-0.25, -0.2) is 4.39 Å². The molecule has 1 aromatic carbocycles. The van der Waals surface area contributed by atoms with Crippen molar-refractivity contribution in [2.45, 2.75) is 19.0 Å². The molecule has 0 unspecified atom stereocenters. The first kappa shape index (κ1) is 18.9. The summed E-state index contributed by atoms with van der Waals surface area (Å²) in [4.78, 5) is 35.7. The highest BCUT2D eigenvalue weighted by atomic mass is 19.4. The molecule has 0 aromatic heterocycles. The minimum absolute atomic E-state index is 0.0956. The van der Waals surface area contributed by atoms with E-state index in [0.717, 1.165) is 12.1 Å².